The van der Waals surface area contributed by atoms with Gasteiger partial charge in [-0.3, -0.25) is 10.2 Å². The second kappa shape index (κ2) is 6.29. The molecule has 27 heavy (non-hydrogen) atoms. The van der Waals surface area contributed by atoms with Gasteiger partial charge in [0.2, 0.25) is 11.8 Å². The molecule has 1 aromatic carbocycles. The van der Waals surface area contributed by atoms with Gasteiger partial charge < -0.3 is 10.5 Å². The molecule has 136 valence electrons. The molecule has 7 nitrogen and oxygen atoms in total. The normalized spacial score (nSPS) is 16.2. The Hall–Kier alpha value is -3.60. The zero-order valence-electron chi connectivity index (χ0n) is 14.7. The lowest BCUT2D eigenvalue weighted by Crippen LogP contribution is -2.21. The van der Waals surface area contributed by atoms with Gasteiger partial charge in [0, 0.05) is 16.8 Å². The minimum atomic E-state index is -0.492. The van der Waals surface area contributed by atoms with Gasteiger partial charge in [0.05, 0.1) is 23.4 Å². The summed E-state index contributed by atoms with van der Waals surface area (Å²) in [6.45, 7) is 4.05. The third kappa shape index (κ3) is 2.64. The van der Waals surface area contributed by atoms with Crippen LogP contribution in [0.15, 0.2) is 41.9 Å². The highest BCUT2D eigenvalue weighted by molar-refractivity contribution is 5.68. The Morgan fingerprint density at radius 2 is 2.00 bits per heavy atom. The van der Waals surface area contributed by atoms with Crippen molar-refractivity contribution in [2.75, 3.05) is 0 Å². The third-order valence-corrected chi connectivity index (χ3v) is 4.66. The average molecular weight is 364 g/mol. The van der Waals surface area contributed by atoms with Gasteiger partial charge >= 0.3 is 0 Å². The van der Waals surface area contributed by atoms with Gasteiger partial charge in [-0.1, -0.05) is 13.8 Å². The maximum Gasteiger partial charge on any atom is 0.244 e. The summed E-state index contributed by atoms with van der Waals surface area (Å²) < 4.78 is 18.9. The lowest BCUT2D eigenvalue weighted by molar-refractivity contribution is 0.378. The standard InChI is InChI=1S/C19H17FN6O/c1-9(2)16-15-14(12(7-21)18(22)27-19(15)26-25-16)13-8-23-24-17(13)10-3-5-11(20)6-4-10/h3-6,8-9,14H,22H2,1-2H3,(H,23,24)(H,25,26). The SMILES string of the molecule is CC(C)c1[nH]nc2c1C(c1cn[nH]c1-c1ccc(F)cc1)C(C#N)=C(N)O2. The Balaban J connectivity index is 1.94. The Morgan fingerprint density at radius 3 is 2.67 bits per heavy atom. The zero-order valence-corrected chi connectivity index (χ0v) is 14.7. The molecule has 4 N–H and O–H groups in total. The second-order valence-electron chi connectivity index (χ2n) is 6.64. The maximum absolute atomic E-state index is 13.3. The van der Waals surface area contributed by atoms with Crippen LogP contribution in [0.4, 0.5) is 4.39 Å². The molecule has 0 aliphatic carbocycles. The fraction of sp³-hybridized carbons (Fsp3) is 0.211. The molecule has 3 aromatic rings. The number of H-pyrrole nitrogens is 2. The van der Waals surface area contributed by atoms with E-state index in [1.54, 1.807) is 18.3 Å². The first kappa shape index (κ1) is 16.8. The number of hydrogen-bond donors (Lipinski definition) is 3. The van der Waals surface area contributed by atoms with E-state index in [0.29, 0.717) is 11.6 Å². The lowest BCUT2D eigenvalue weighted by Gasteiger charge is -2.24. The molecule has 1 aliphatic rings. The first-order valence-electron chi connectivity index (χ1n) is 8.46. The van der Waals surface area contributed by atoms with Crippen LogP contribution < -0.4 is 10.5 Å². The van der Waals surface area contributed by atoms with Gasteiger partial charge in [-0.05, 0) is 30.2 Å². The van der Waals surface area contributed by atoms with Gasteiger partial charge in [0.25, 0.3) is 0 Å². The zero-order chi connectivity index (χ0) is 19.1. The van der Waals surface area contributed by atoms with Crippen LogP contribution in [0.3, 0.4) is 0 Å². The summed E-state index contributed by atoms with van der Waals surface area (Å²) >= 11 is 0. The van der Waals surface area contributed by atoms with E-state index in [2.05, 4.69) is 26.5 Å². The van der Waals surface area contributed by atoms with E-state index in [-0.39, 0.29) is 23.2 Å². The molecule has 1 aliphatic heterocycles. The van der Waals surface area contributed by atoms with Crippen molar-refractivity contribution in [3.63, 3.8) is 0 Å². The summed E-state index contributed by atoms with van der Waals surface area (Å²) in [4.78, 5) is 0. The summed E-state index contributed by atoms with van der Waals surface area (Å²) in [7, 11) is 0. The molecular formula is C19H17FN6O. The Kier molecular flexibility index (Phi) is 3.92. The van der Waals surface area contributed by atoms with E-state index in [1.165, 1.54) is 12.1 Å². The van der Waals surface area contributed by atoms with E-state index in [0.717, 1.165) is 22.4 Å². The molecule has 0 fully saturated rings. The number of nitrogens with two attached hydrogens (primary N) is 1. The second-order valence-corrected chi connectivity index (χ2v) is 6.64. The van der Waals surface area contributed by atoms with Gasteiger partial charge in [0.1, 0.15) is 17.5 Å². The van der Waals surface area contributed by atoms with Gasteiger partial charge in [0.15, 0.2) is 0 Å². The number of hydrogen-bond acceptors (Lipinski definition) is 5. The summed E-state index contributed by atoms with van der Waals surface area (Å²) in [6.07, 6.45) is 1.65. The van der Waals surface area contributed by atoms with Crippen LogP contribution in [0.2, 0.25) is 0 Å². The fourth-order valence-corrected chi connectivity index (χ4v) is 3.38. The Labute approximate surface area is 154 Å². The Bertz CT molecular complexity index is 1070. The number of nitrogens with one attached hydrogen (secondary N) is 2. The number of allylic oxidation sites excluding steroid dienone is 1. The van der Waals surface area contributed by atoms with Crippen LogP contribution in [-0.2, 0) is 0 Å². The third-order valence-electron chi connectivity index (χ3n) is 4.66. The maximum atomic E-state index is 13.3. The van der Waals surface area contributed by atoms with Crippen LogP contribution in [0, 0.1) is 17.1 Å². The van der Waals surface area contributed by atoms with Crippen molar-refractivity contribution >= 4 is 0 Å². The number of ether oxygens (including phenoxy) is 1. The summed E-state index contributed by atoms with van der Waals surface area (Å²) in [5.74, 6) is -0.317. The van der Waals surface area contributed by atoms with E-state index < -0.39 is 5.92 Å². The van der Waals surface area contributed by atoms with Gasteiger partial charge in [-0.2, -0.15) is 10.4 Å². The molecule has 3 heterocycles. The van der Waals surface area contributed by atoms with Crippen LogP contribution in [0.1, 0.15) is 42.5 Å². The lowest BCUT2D eigenvalue weighted by atomic mass is 9.82. The molecule has 0 amide bonds. The molecule has 0 saturated carbocycles. The van der Waals surface area contributed by atoms with E-state index >= 15 is 0 Å². The van der Waals surface area contributed by atoms with Crippen molar-refractivity contribution in [1.82, 2.24) is 20.4 Å². The van der Waals surface area contributed by atoms with Crippen molar-refractivity contribution in [1.29, 1.82) is 5.26 Å². The van der Waals surface area contributed by atoms with E-state index in [1.807, 2.05) is 13.8 Å². The number of nitrogens with zero attached hydrogens (tertiary/aromatic N) is 3. The number of rotatable bonds is 3. The summed E-state index contributed by atoms with van der Waals surface area (Å²) in [5.41, 5.74) is 10.1. The number of halogens is 1. The monoisotopic (exact) mass is 364 g/mol. The van der Waals surface area contributed by atoms with Crippen LogP contribution >= 0.6 is 0 Å². The molecule has 0 spiro atoms. The van der Waals surface area contributed by atoms with Crippen molar-refractivity contribution in [3.8, 4) is 23.2 Å². The van der Waals surface area contributed by atoms with Crippen LogP contribution in [-0.4, -0.2) is 20.4 Å². The number of aromatic nitrogens is 4. The molecule has 2 aromatic heterocycles. The molecule has 0 bridgehead atoms. The van der Waals surface area contributed by atoms with E-state index in [4.69, 9.17) is 10.5 Å². The predicted molar refractivity (Wildman–Crippen MR) is 96.0 cm³/mol. The van der Waals surface area contributed by atoms with Crippen molar-refractivity contribution < 1.29 is 9.13 Å². The first-order valence-corrected chi connectivity index (χ1v) is 8.46. The van der Waals surface area contributed by atoms with Crippen LogP contribution in [0.25, 0.3) is 11.3 Å². The molecule has 0 saturated heterocycles. The number of aromatic amines is 2. The molecule has 8 heteroatoms. The average Bonchev–Trinajstić information content (AvgIpc) is 3.28. The van der Waals surface area contributed by atoms with E-state index in [9.17, 15) is 9.65 Å². The first-order chi connectivity index (χ1) is 13.0. The topological polar surface area (TPSA) is 116 Å². The highest BCUT2D eigenvalue weighted by atomic mass is 19.1. The van der Waals surface area contributed by atoms with Crippen molar-refractivity contribution in [2.24, 2.45) is 5.73 Å². The molecule has 1 unspecified atom stereocenters. The van der Waals surface area contributed by atoms with Gasteiger partial charge in [-0.15, -0.1) is 5.10 Å². The smallest absolute Gasteiger partial charge is 0.244 e. The quantitative estimate of drug-likeness (QED) is 0.659. The Morgan fingerprint density at radius 1 is 1.26 bits per heavy atom. The number of fused-ring (bicyclic) bond motifs is 1. The summed E-state index contributed by atoms with van der Waals surface area (Å²) in [6, 6.07) is 8.23. The molecule has 4 rings (SSSR count). The predicted octanol–water partition coefficient (Wildman–Crippen LogP) is 3.28. The highest BCUT2D eigenvalue weighted by Gasteiger charge is 2.37. The minimum Gasteiger partial charge on any atom is -0.420 e. The minimum absolute atomic E-state index is 0.0167. The summed E-state index contributed by atoms with van der Waals surface area (Å²) in [5, 5.41) is 24.1. The largest absolute Gasteiger partial charge is 0.420 e. The van der Waals surface area contributed by atoms with Crippen LogP contribution in [0.5, 0.6) is 5.88 Å². The van der Waals surface area contributed by atoms with Crippen molar-refractivity contribution in [2.45, 2.75) is 25.7 Å². The molecular weight excluding hydrogens is 347 g/mol. The number of benzene rings is 1. The van der Waals surface area contributed by atoms with Gasteiger partial charge in [-0.25, -0.2) is 4.39 Å². The highest BCUT2D eigenvalue weighted by Crippen LogP contribution is 2.46. The van der Waals surface area contributed by atoms with Crippen molar-refractivity contribution in [3.05, 3.63) is 64.6 Å². The number of nitriles is 1. The molecule has 0 radical (unpaired) electrons. The fourth-order valence-electron chi connectivity index (χ4n) is 3.38. The molecule has 1 atom stereocenters.